The van der Waals surface area contributed by atoms with Crippen molar-refractivity contribution in [2.24, 2.45) is 0 Å². The van der Waals surface area contributed by atoms with Gasteiger partial charge in [0.1, 0.15) is 23.3 Å². The number of rotatable bonds is 6. The normalized spacial score (nSPS) is 17.4. The van der Waals surface area contributed by atoms with Gasteiger partial charge in [-0.25, -0.2) is 0 Å². The molecule has 0 amide bonds. The molecule has 1 aliphatic heterocycles. The monoisotopic (exact) mass is 339 g/mol. The van der Waals surface area contributed by atoms with Crippen LogP contribution in [0.3, 0.4) is 0 Å². The predicted molar refractivity (Wildman–Crippen MR) is 97.0 cm³/mol. The van der Waals surface area contributed by atoms with Gasteiger partial charge in [-0.3, -0.25) is 4.90 Å². The highest BCUT2D eigenvalue weighted by Gasteiger charge is 2.27. The fourth-order valence-electron chi connectivity index (χ4n) is 3.66. The van der Waals surface area contributed by atoms with Crippen LogP contribution in [0.4, 0.5) is 0 Å². The molecule has 0 saturated carbocycles. The van der Waals surface area contributed by atoms with Crippen molar-refractivity contribution in [1.82, 2.24) is 9.47 Å². The molecule has 0 unspecified atom stereocenters. The maximum absolute atomic E-state index is 9.21. The third-order valence-corrected chi connectivity index (χ3v) is 4.96. The molecule has 1 aliphatic rings. The third-order valence-electron chi connectivity index (χ3n) is 4.96. The average molecular weight is 339 g/mol. The lowest BCUT2D eigenvalue weighted by Gasteiger charge is -2.18. The number of benzene rings is 1. The number of methoxy groups -OCH3 is 2. The Morgan fingerprint density at radius 1 is 1.24 bits per heavy atom. The van der Waals surface area contributed by atoms with Crippen LogP contribution >= 0.6 is 0 Å². The molecule has 1 atom stereocenters. The standard InChI is InChI=1S/C20H25N3O2/c1-4-23-13-15(9-17(23)11-21)12-22-8-7-16(14-22)19-10-18(24-2)5-6-20(19)25-3/h5-6,9-10,13,16H,4,7-8,12,14H2,1-3H3/t16-/m0/s1. The smallest absolute Gasteiger partial charge is 0.122 e. The number of likely N-dealkylation sites (tertiary alicyclic amines) is 1. The highest BCUT2D eigenvalue weighted by Crippen LogP contribution is 2.36. The molecule has 5 heteroatoms. The van der Waals surface area contributed by atoms with Gasteiger partial charge in [0.25, 0.3) is 0 Å². The Morgan fingerprint density at radius 3 is 2.72 bits per heavy atom. The summed E-state index contributed by atoms with van der Waals surface area (Å²) in [7, 11) is 3.41. The van der Waals surface area contributed by atoms with E-state index in [9.17, 15) is 5.26 Å². The summed E-state index contributed by atoms with van der Waals surface area (Å²) in [5.41, 5.74) is 3.16. The Bertz CT molecular complexity index is 776. The lowest BCUT2D eigenvalue weighted by molar-refractivity contribution is 0.325. The van der Waals surface area contributed by atoms with Crippen LogP contribution in [0.2, 0.25) is 0 Å². The number of nitriles is 1. The van der Waals surface area contributed by atoms with E-state index in [4.69, 9.17) is 9.47 Å². The third kappa shape index (κ3) is 3.64. The van der Waals surface area contributed by atoms with Gasteiger partial charge < -0.3 is 14.0 Å². The molecule has 25 heavy (non-hydrogen) atoms. The lowest BCUT2D eigenvalue weighted by Crippen LogP contribution is -2.19. The molecule has 2 heterocycles. The molecule has 0 spiro atoms. The highest BCUT2D eigenvalue weighted by atomic mass is 16.5. The van der Waals surface area contributed by atoms with E-state index in [2.05, 4.69) is 30.2 Å². The number of ether oxygens (including phenoxy) is 2. The molecule has 3 rings (SSSR count). The zero-order valence-electron chi connectivity index (χ0n) is 15.2. The fraction of sp³-hybridized carbons (Fsp3) is 0.450. The summed E-state index contributed by atoms with van der Waals surface area (Å²) < 4.78 is 12.9. The van der Waals surface area contributed by atoms with E-state index in [1.807, 2.05) is 22.8 Å². The average Bonchev–Trinajstić information content (AvgIpc) is 3.27. The largest absolute Gasteiger partial charge is 0.497 e. The zero-order chi connectivity index (χ0) is 17.8. The second-order valence-electron chi connectivity index (χ2n) is 6.46. The van der Waals surface area contributed by atoms with Gasteiger partial charge in [-0.15, -0.1) is 0 Å². The van der Waals surface area contributed by atoms with Crippen LogP contribution in [0.1, 0.15) is 36.1 Å². The summed E-state index contributed by atoms with van der Waals surface area (Å²) in [6, 6.07) is 10.3. The van der Waals surface area contributed by atoms with Crippen LogP contribution in [0.5, 0.6) is 11.5 Å². The van der Waals surface area contributed by atoms with Crippen molar-refractivity contribution in [3.8, 4) is 17.6 Å². The Hall–Kier alpha value is -2.45. The fourth-order valence-corrected chi connectivity index (χ4v) is 3.66. The molecular weight excluding hydrogens is 314 g/mol. The van der Waals surface area contributed by atoms with E-state index in [0.29, 0.717) is 5.92 Å². The number of aromatic nitrogens is 1. The maximum atomic E-state index is 9.21. The second kappa shape index (κ2) is 7.62. The summed E-state index contributed by atoms with van der Waals surface area (Å²) in [5, 5.41) is 9.21. The first-order chi connectivity index (χ1) is 12.2. The number of hydrogen-bond donors (Lipinski definition) is 0. The molecule has 132 valence electrons. The van der Waals surface area contributed by atoms with Gasteiger partial charge in [0.15, 0.2) is 0 Å². The van der Waals surface area contributed by atoms with Gasteiger partial charge in [0.05, 0.1) is 14.2 Å². The van der Waals surface area contributed by atoms with Gasteiger partial charge in [-0.1, -0.05) is 0 Å². The summed E-state index contributed by atoms with van der Waals surface area (Å²) in [6.45, 7) is 5.80. The molecule has 1 fully saturated rings. The van der Waals surface area contributed by atoms with Crippen molar-refractivity contribution in [2.45, 2.75) is 32.4 Å². The van der Waals surface area contributed by atoms with Crippen molar-refractivity contribution in [2.75, 3.05) is 27.3 Å². The van der Waals surface area contributed by atoms with Gasteiger partial charge in [0, 0.05) is 37.3 Å². The van der Waals surface area contributed by atoms with E-state index in [-0.39, 0.29) is 0 Å². The Labute approximate surface area is 149 Å². The molecule has 0 aliphatic carbocycles. The van der Waals surface area contributed by atoms with E-state index < -0.39 is 0 Å². The van der Waals surface area contributed by atoms with E-state index in [0.717, 1.165) is 49.8 Å². The number of aryl methyl sites for hydroxylation is 1. The topological polar surface area (TPSA) is 50.4 Å². The van der Waals surface area contributed by atoms with Crippen molar-refractivity contribution >= 4 is 0 Å². The molecule has 2 aromatic rings. The molecule has 0 N–H and O–H groups in total. The van der Waals surface area contributed by atoms with Crippen LogP contribution < -0.4 is 9.47 Å². The van der Waals surface area contributed by atoms with Crippen molar-refractivity contribution in [3.05, 3.63) is 47.3 Å². The molecule has 1 saturated heterocycles. The van der Waals surface area contributed by atoms with Crippen molar-refractivity contribution < 1.29 is 9.47 Å². The second-order valence-corrected chi connectivity index (χ2v) is 6.46. The molecule has 0 bridgehead atoms. The van der Waals surface area contributed by atoms with Crippen molar-refractivity contribution in [3.63, 3.8) is 0 Å². The van der Waals surface area contributed by atoms with Crippen LogP contribution in [-0.4, -0.2) is 36.8 Å². The van der Waals surface area contributed by atoms with E-state index in [1.54, 1.807) is 14.2 Å². The summed E-state index contributed by atoms with van der Waals surface area (Å²) >= 11 is 0. The number of hydrogen-bond acceptors (Lipinski definition) is 4. The minimum absolute atomic E-state index is 0.439. The first-order valence-electron chi connectivity index (χ1n) is 8.71. The maximum Gasteiger partial charge on any atom is 0.122 e. The van der Waals surface area contributed by atoms with Gasteiger partial charge in [0.2, 0.25) is 0 Å². The van der Waals surface area contributed by atoms with E-state index in [1.165, 1.54) is 11.1 Å². The number of nitrogens with zero attached hydrogens (tertiary/aromatic N) is 3. The minimum atomic E-state index is 0.439. The molecule has 5 nitrogen and oxygen atoms in total. The van der Waals surface area contributed by atoms with Crippen molar-refractivity contribution in [1.29, 1.82) is 5.26 Å². The van der Waals surface area contributed by atoms with E-state index >= 15 is 0 Å². The molecule has 1 aromatic heterocycles. The predicted octanol–water partition coefficient (Wildman–Crippen LogP) is 3.39. The Kier molecular flexibility index (Phi) is 5.30. The van der Waals surface area contributed by atoms with Crippen LogP contribution in [0, 0.1) is 11.3 Å². The molecule has 0 radical (unpaired) electrons. The minimum Gasteiger partial charge on any atom is -0.497 e. The lowest BCUT2D eigenvalue weighted by atomic mass is 9.97. The Balaban J connectivity index is 1.72. The first-order valence-corrected chi connectivity index (χ1v) is 8.71. The van der Waals surface area contributed by atoms with Crippen LogP contribution in [0.15, 0.2) is 30.5 Å². The van der Waals surface area contributed by atoms with Gasteiger partial charge in [-0.05, 0) is 49.7 Å². The summed E-state index contributed by atoms with van der Waals surface area (Å²) in [4.78, 5) is 2.44. The quantitative estimate of drug-likeness (QED) is 0.809. The van der Waals surface area contributed by atoms with Crippen LogP contribution in [-0.2, 0) is 13.1 Å². The van der Waals surface area contributed by atoms with Crippen LogP contribution in [0.25, 0.3) is 0 Å². The molecule has 1 aromatic carbocycles. The summed E-state index contributed by atoms with van der Waals surface area (Å²) in [6.07, 6.45) is 3.20. The van der Waals surface area contributed by atoms with Gasteiger partial charge in [-0.2, -0.15) is 5.26 Å². The SMILES string of the molecule is CCn1cc(CN2CC[C@H](c3cc(OC)ccc3OC)C2)cc1C#N. The molecular formula is C20H25N3O2. The Morgan fingerprint density at radius 2 is 2.08 bits per heavy atom. The zero-order valence-corrected chi connectivity index (χ0v) is 15.2. The summed E-state index contributed by atoms with van der Waals surface area (Å²) in [5.74, 6) is 2.23. The first kappa shape index (κ1) is 17.4. The van der Waals surface area contributed by atoms with Gasteiger partial charge >= 0.3 is 0 Å². The highest BCUT2D eigenvalue weighted by molar-refractivity contribution is 5.43.